The molecule has 0 atom stereocenters. The van der Waals surface area contributed by atoms with Crippen molar-refractivity contribution in [3.8, 4) is 0 Å². The molecule has 2 amide bonds. The van der Waals surface area contributed by atoms with E-state index >= 15 is 0 Å². The van der Waals surface area contributed by atoms with Crippen LogP contribution < -0.4 is 10.6 Å². The highest BCUT2D eigenvalue weighted by Gasteiger charge is 2.17. The maximum atomic E-state index is 13.1. The van der Waals surface area contributed by atoms with E-state index in [4.69, 9.17) is 5.11 Å². The molecule has 0 spiro atoms. The zero-order valence-corrected chi connectivity index (χ0v) is 20.5. The van der Waals surface area contributed by atoms with E-state index in [1.165, 1.54) is 30.0 Å². The molecule has 0 bridgehead atoms. The second kappa shape index (κ2) is 11.0. The summed E-state index contributed by atoms with van der Waals surface area (Å²) in [6, 6.07) is 21.3. The number of anilines is 2. The van der Waals surface area contributed by atoms with Crippen LogP contribution in [0.3, 0.4) is 0 Å². The molecule has 9 heteroatoms. The predicted octanol–water partition coefficient (Wildman–Crippen LogP) is 5.53. The highest BCUT2D eigenvalue weighted by molar-refractivity contribution is 8.00. The quantitative estimate of drug-likeness (QED) is 0.227. The minimum absolute atomic E-state index is 0.0442. The molecule has 8 nitrogen and oxygen atoms in total. The number of carbonyl (C=O) groups excluding carboxylic acids is 2. The van der Waals surface area contributed by atoms with Crippen molar-refractivity contribution in [3.63, 3.8) is 0 Å². The zero-order valence-electron chi connectivity index (χ0n) is 19.6. The summed E-state index contributed by atoms with van der Waals surface area (Å²) in [6.07, 6.45) is 0. The van der Waals surface area contributed by atoms with Crippen LogP contribution in [0.25, 0.3) is 10.8 Å². The fourth-order valence-electron chi connectivity index (χ4n) is 3.80. The van der Waals surface area contributed by atoms with E-state index < -0.39 is 17.8 Å². The Morgan fingerprint density at radius 2 is 1.49 bits per heavy atom. The zero-order chi connectivity index (χ0) is 26.5. The van der Waals surface area contributed by atoms with Crippen LogP contribution in [0, 0.1) is 6.92 Å². The smallest absolute Gasteiger partial charge is 0.336 e. The molecule has 0 saturated carbocycles. The largest absolute Gasteiger partial charge is 0.478 e. The Morgan fingerprint density at radius 3 is 2.19 bits per heavy atom. The van der Waals surface area contributed by atoms with E-state index in [0.29, 0.717) is 22.1 Å². The lowest BCUT2D eigenvalue weighted by atomic mass is 9.98. The van der Waals surface area contributed by atoms with Gasteiger partial charge in [-0.1, -0.05) is 36.4 Å². The maximum Gasteiger partial charge on any atom is 0.336 e. The summed E-state index contributed by atoms with van der Waals surface area (Å²) in [5.41, 5.74) is 2.04. The molecule has 4 aromatic carbocycles. The number of fused-ring (bicyclic) bond motifs is 1. The van der Waals surface area contributed by atoms with Crippen molar-refractivity contribution in [2.24, 2.45) is 0 Å². The van der Waals surface area contributed by atoms with Crippen molar-refractivity contribution >= 4 is 57.7 Å². The number of thioether (sulfide) groups is 1. The van der Waals surface area contributed by atoms with Crippen LogP contribution in [0.5, 0.6) is 0 Å². The van der Waals surface area contributed by atoms with E-state index in [0.717, 1.165) is 10.5 Å². The second-order valence-electron chi connectivity index (χ2n) is 8.17. The van der Waals surface area contributed by atoms with Gasteiger partial charge in [0.2, 0.25) is 5.91 Å². The third kappa shape index (κ3) is 5.96. The number of aromatic carboxylic acids is 2. The summed E-state index contributed by atoms with van der Waals surface area (Å²) in [6.45, 7) is 1.77. The molecule has 0 aliphatic heterocycles. The number of nitrogens with one attached hydrogen (secondary N) is 2. The van der Waals surface area contributed by atoms with Crippen molar-refractivity contribution < 1.29 is 29.4 Å². The van der Waals surface area contributed by atoms with Crippen LogP contribution in [-0.2, 0) is 4.79 Å². The third-order valence-electron chi connectivity index (χ3n) is 5.60. The average molecular weight is 515 g/mol. The topological polar surface area (TPSA) is 133 Å². The van der Waals surface area contributed by atoms with Gasteiger partial charge in [-0.3, -0.25) is 9.59 Å². The molecule has 0 fully saturated rings. The number of carboxylic acid groups (broad SMARTS) is 2. The van der Waals surface area contributed by atoms with Gasteiger partial charge in [-0.2, -0.15) is 0 Å². The van der Waals surface area contributed by atoms with Gasteiger partial charge < -0.3 is 20.8 Å². The van der Waals surface area contributed by atoms with Gasteiger partial charge in [-0.15, -0.1) is 11.8 Å². The first-order chi connectivity index (χ1) is 17.7. The highest BCUT2D eigenvalue weighted by atomic mass is 32.2. The SMILES string of the molecule is Cc1ccc(C(=O)O)cc1NC(=O)CSc1cccc(NC(=O)c2cccc3cccc(C(=O)O)c23)c1. The number of benzene rings is 4. The van der Waals surface area contributed by atoms with Crippen LogP contribution in [0.15, 0.2) is 83.8 Å². The first-order valence-electron chi connectivity index (χ1n) is 11.2. The molecule has 0 radical (unpaired) electrons. The van der Waals surface area contributed by atoms with E-state index in [1.54, 1.807) is 67.6 Å². The van der Waals surface area contributed by atoms with Gasteiger partial charge in [0, 0.05) is 27.2 Å². The molecule has 0 saturated heterocycles. The van der Waals surface area contributed by atoms with Crippen LogP contribution in [-0.4, -0.2) is 39.7 Å². The number of carbonyl (C=O) groups is 4. The summed E-state index contributed by atoms with van der Waals surface area (Å²) < 4.78 is 0. The van der Waals surface area contributed by atoms with Crippen molar-refractivity contribution in [2.75, 3.05) is 16.4 Å². The summed E-state index contributed by atoms with van der Waals surface area (Å²) in [5.74, 6) is -2.88. The van der Waals surface area contributed by atoms with Gasteiger partial charge >= 0.3 is 11.9 Å². The molecule has 37 heavy (non-hydrogen) atoms. The fraction of sp³-hybridized carbons (Fsp3) is 0.0714. The minimum Gasteiger partial charge on any atom is -0.478 e. The van der Waals surface area contributed by atoms with Gasteiger partial charge in [-0.25, -0.2) is 9.59 Å². The number of rotatable bonds is 8. The molecule has 0 unspecified atom stereocenters. The van der Waals surface area contributed by atoms with Gasteiger partial charge in [0.15, 0.2) is 0 Å². The molecule has 186 valence electrons. The number of hydrogen-bond donors (Lipinski definition) is 4. The molecular formula is C28H22N2O6S. The third-order valence-corrected chi connectivity index (χ3v) is 6.59. The summed E-state index contributed by atoms with van der Waals surface area (Å²) in [5, 5.41) is 25.3. The van der Waals surface area contributed by atoms with Gasteiger partial charge in [0.1, 0.15) is 0 Å². The molecule has 4 aromatic rings. The molecule has 0 aromatic heterocycles. The van der Waals surface area contributed by atoms with Crippen LogP contribution >= 0.6 is 11.8 Å². The number of hydrogen-bond acceptors (Lipinski definition) is 5. The van der Waals surface area contributed by atoms with E-state index in [-0.39, 0.29) is 28.4 Å². The Morgan fingerprint density at radius 1 is 0.784 bits per heavy atom. The maximum absolute atomic E-state index is 13.1. The Bertz CT molecular complexity index is 1540. The van der Waals surface area contributed by atoms with Crippen LogP contribution in [0.1, 0.15) is 36.6 Å². The minimum atomic E-state index is -1.12. The lowest BCUT2D eigenvalue weighted by Gasteiger charge is -2.11. The van der Waals surface area contributed by atoms with E-state index in [2.05, 4.69) is 10.6 Å². The normalized spacial score (nSPS) is 10.6. The van der Waals surface area contributed by atoms with E-state index in [1.807, 2.05) is 0 Å². The predicted molar refractivity (Wildman–Crippen MR) is 143 cm³/mol. The standard InChI is InChI=1S/C28H22N2O6S/c1-16-11-12-18(27(33)34)13-23(16)30-24(31)15-37-20-8-4-7-19(14-20)29-26(32)21-9-2-5-17-6-3-10-22(25(17)21)28(35)36/h2-14H,15H2,1H3,(H,29,32)(H,30,31)(H,33,34)(H,35,36). The lowest BCUT2D eigenvalue weighted by molar-refractivity contribution is -0.113. The Kier molecular flexibility index (Phi) is 7.55. The molecular weight excluding hydrogens is 492 g/mol. The van der Waals surface area contributed by atoms with Crippen molar-refractivity contribution in [1.29, 1.82) is 0 Å². The van der Waals surface area contributed by atoms with Gasteiger partial charge in [-0.05, 0) is 60.3 Å². The molecule has 0 aliphatic carbocycles. The van der Waals surface area contributed by atoms with Crippen molar-refractivity contribution in [1.82, 2.24) is 0 Å². The number of carboxylic acids is 2. The average Bonchev–Trinajstić information content (AvgIpc) is 2.88. The second-order valence-corrected chi connectivity index (χ2v) is 9.22. The molecule has 4 N–H and O–H groups in total. The van der Waals surface area contributed by atoms with Gasteiger partial charge in [0.25, 0.3) is 5.91 Å². The lowest BCUT2D eigenvalue weighted by Crippen LogP contribution is -2.15. The molecule has 0 heterocycles. The summed E-state index contributed by atoms with van der Waals surface area (Å²) in [7, 11) is 0. The summed E-state index contributed by atoms with van der Waals surface area (Å²) in [4.78, 5) is 49.2. The molecule has 4 rings (SSSR count). The van der Waals surface area contributed by atoms with Crippen LogP contribution in [0.4, 0.5) is 11.4 Å². The Balaban J connectivity index is 1.45. The fourth-order valence-corrected chi connectivity index (χ4v) is 4.55. The first-order valence-corrected chi connectivity index (χ1v) is 12.1. The monoisotopic (exact) mass is 514 g/mol. The number of aryl methyl sites for hydroxylation is 1. The van der Waals surface area contributed by atoms with E-state index in [9.17, 15) is 24.3 Å². The van der Waals surface area contributed by atoms with Crippen molar-refractivity contribution in [2.45, 2.75) is 11.8 Å². The van der Waals surface area contributed by atoms with Crippen molar-refractivity contribution in [3.05, 3.63) is 101 Å². The molecule has 0 aliphatic rings. The van der Waals surface area contributed by atoms with Gasteiger partial charge in [0.05, 0.1) is 16.9 Å². The Hall–Kier alpha value is -4.63. The Labute approximate surface area is 216 Å². The number of amides is 2. The highest BCUT2D eigenvalue weighted by Crippen LogP contribution is 2.26. The summed E-state index contributed by atoms with van der Waals surface area (Å²) >= 11 is 1.25. The first kappa shape index (κ1) is 25.5. The van der Waals surface area contributed by atoms with Crippen LogP contribution in [0.2, 0.25) is 0 Å².